The molecule has 2 rings (SSSR count). The Kier molecular flexibility index (Phi) is 5.56. The van der Waals surface area contributed by atoms with E-state index in [1.807, 2.05) is 0 Å². The summed E-state index contributed by atoms with van der Waals surface area (Å²) in [6.45, 7) is 0.497. The van der Waals surface area contributed by atoms with Gasteiger partial charge in [-0.3, -0.25) is 9.59 Å². The Hall–Kier alpha value is -2.57. The number of nitrogens with zero attached hydrogens (tertiary/aromatic N) is 2. The number of rotatable bonds is 6. The van der Waals surface area contributed by atoms with Crippen LogP contribution in [0.15, 0.2) is 24.3 Å². The van der Waals surface area contributed by atoms with Crippen molar-refractivity contribution in [3.8, 4) is 12.1 Å². The van der Waals surface area contributed by atoms with E-state index in [0.717, 1.165) is 12.8 Å². The third-order valence-electron chi connectivity index (χ3n) is 3.53. The number of carbonyl (C=O) groups is 2. The Morgan fingerprint density at radius 2 is 2.04 bits per heavy atom. The van der Waals surface area contributed by atoms with Crippen molar-refractivity contribution in [2.75, 3.05) is 6.54 Å². The maximum atomic E-state index is 12.1. The molecular formula is C16H15ClN4O2. The molecule has 2 amide bonds. The lowest BCUT2D eigenvalue weighted by Crippen LogP contribution is -2.46. The molecule has 7 heteroatoms. The molecule has 1 aliphatic rings. The van der Waals surface area contributed by atoms with Gasteiger partial charge in [0.1, 0.15) is 6.04 Å². The van der Waals surface area contributed by atoms with E-state index in [4.69, 9.17) is 11.6 Å². The lowest BCUT2D eigenvalue weighted by Gasteiger charge is -2.17. The van der Waals surface area contributed by atoms with E-state index in [-0.39, 0.29) is 5.56 Å². The molecule has 2 unspecified atom stereocenters. The standard InChI is InChI=1S/C16H15ClN4O2/c17-12-3-1-2-11(6-12)15(22)21-14(8-19)13(7-18)16(23)20-9-10-4-5-10/h1-3,6,10,13-14H,4-5,9H2,(H,20,23)(H,21,22). The van der Waals surface area contributed by atoms with Crippen molar-refractivity contribution in [1.82, 2.24) is 10.6 Å². The highest BCUT2D eigenvalue weighted by Gasteiger charge is 2.31. The Morgan fingerprint density at radius 1 is 1.30 bits per heavy atom. The summed E-state index contributed by atoms with van der Waals surface area (Å²) in [7, 11) is 0. The highest BCUT2D eigenvalue weighted by molar-refractivity contribution is 6.30. The van der Waals surface area contributed by atoms with Gasteiger partial charge in [0.05, 0.1) is 12.1 Å². The first kappa shape index (κ1) is 16.8. The second kappa shape index (κ2) is 7.62. The number of nitrogens with one attached hydrogen (secondary N) is 2. The molecule has 0 heterocycles. The lowest BCUT2D eigenvalue weighted by atomic mass is 10.0. The maximum Gasteiger partial charge on any atom is 0.252 e. The molecule has 0 radical (unpaired) electrons. The molecule has 0 spiro atoms. The zero-order chi connectivity index (χ0) is 16.8. The smallest absolute Gasteiger partial charge is 0.252 e. The summed E-state index contributed by atoms with van der Waals surface area (Å²) in [6.07, 6.45) is 2.12. The zero-order valence-electron chi connectivity index (χ0n) is 12.3. The SMILES string of the molecule is N#CC(NC(=O)c1cccc(Cl)c1)C(C#N)C(=O)NCC1CC1. The van der Waals surface area contributed by atoms with Gasteiger partial charge in [-0.05, 0) is 37.0 Å². The first-order valence-corrected chi connectivity index (χ1v) is 7.56. The van der Waals surface area contributed by atoms with Crippen LogP contribution >= 0.6 is 11.6 Å². The topological polar surface area (TPSA) is 106 Å². The molecule has 2 N–H and O–H groups in total. The minimum atomic E-state index is -1.26. The molecule has 0 aromatic heterocycles. The number of carbonyl (C=O) groups excluding carboxylic acids is 2. The molecule has 1 aliphatic carbocycles. The van der Waals surface area contributed by atoms with Gasteiger partial charge < -0.3 is 10.6 Å². The fourth-order valence-electron chi connectivity index (χ4n) is 2.01. The molecule has 0 aliphatic heterocycles. The summed E-state index contributed by atoms with van der Waals surface area (Å²) in [6, 6.07) is 8.55. The molecule has 23 heavy (non-hydrogen) atoms. The van der Waals surface area contributed by atoms with Crippen molar-refractivity contribution in [1.29, 1.82) is 10.5 Å². The average Bonchev–Trinajstić information content (AvgIpc) is 3.36. The van der Waals surface area contributed by atoms with E-state index in [1.54, 1.807) is 24.3 Å². The van der Waals surface area contributed by atoms with Crippen LogP contribution in [0.3, 0.4) is 0 Å². The van der Waals surface area contributed by atoms with E-state index in [2.05, 4.69) is 10.6 Å². The van der Waals surface area contributed by atoms with E-state index < -0.39 is 23.8 Å². The van der Waals surface area contributed by atoms with Gasteiger partial charge in [0.25, 0.3) is 5.91 Å². The van der Waals surface area contributed by atoms with Crippen LogP contribution in [0.1, 0.15) is 23.2 Å². The van der Waals surface area contributed by atoms with Crippen LogP contribution in [-0.2, 0) is 4.79 Å². The molecule has 2 atom stereocenters. The second-order valence-corrected chi connectivity index (χ2v) is 5.82. The molecular weight excluding hydrogens is 316 g/mol. The number of halogens is 1. The maximum absolute atomic E-state index is 12.1. The highest BCUT2D eigenvalue weighted by atomic mass is 35.5. The van der Waals surface area contributed by atoms with Crippen molar-refractivity contribution >= 4 is 23.4 Å². The van der Waals surface area contributed by atoms with Crippen LogP contribution in [0.4, 0.5) is 0 Å². The Bertz CT molecular complexity index is 688. The summed E-state index contributed by atoms with van der Waals surface area (Å²) in [5, 5.41) is 23.8. The van der Waals surface area contributed by atoms with E-state index >= 15 is 0 Å². The molecule has 1 aromatic rings. The highest BCUT2D eigenvalue weighted by Crippen LogP contribution is 2.27. The molecule has 118 valence electrons. The van der Waals surface area contributed by atoms with Crippen LogP contribution in [0.2, 0.25) is 5.02 Å². The van der Waals surface area contributed by atoms with Gasteiger partial charge in [-0.2, -0.15) is 10.5 Å². The summed E-state index contributed by atoms with van der Waals surface area (Å²) < 4.78 is 0. The van der Waals surface area contributed by atoms with Crippen molar-refractivity contribution in [2.45, 2.75) is 18.9 Å². The van der Waals surface area contributed by atoms with E-state index in [0.29, 0.717) is 17.5 Å². The monoisotopic (exact) mass is 330 g/mol. The van der Waals surface area contributed by atoms with Gasteiger partial charge in [-0.1, -0.05) is 17.7 Å². The zero-order valence-corrected chi connectivity index (χ0v) is 13.0. The summed E-state index contributed by atoms with van der Waals surface area (Å²) in [4.78, 5) is 24.1. The van der Waals surface area contributed by atoms with Crippen molar-refractivity contribution in [3.63, 3.8) is 0 Å². The molecule has 0 bridgehead atoms. The number of nitriles is 2. The third kappa shape index (κ3) is 4.70. The largest absolute Gasteiger partial charge is 0.355 e. The predicted molar refractivity (Wildman–Crippen MR) is 83.2 cm³/mol. The molecule has 1 saturated carbocycles. The minimum Gasteiger partial charge on any atom is -0.355 e. The van der Waals surface area contributed by atoms with Crippen LogP contribution < -0.4 is 10.6 Å². The van der Waals surface area contributed by atoms with Gasteiger partial charge in [0.15, 0.2) is 5.92 Å². The summed E-state index contributed by atoms with van der Waals surface area (Å²) in [5.74, 6) is -1.91. The first-order chi connectivity index (χ1) is 11.0. The summed E-state index contributed by atoms with van der Waals surface area (Å²) >= 11 is 5.81. The third-order valence-corrected chi connectivity index (χ3v) is 3.76. The fourth-order valence-corrected chi connectivity index (χ4v) is 2.20. The van der Waals surface area contributed by atoms with Crippen LogP contribution in [-0.4, -0.2) is 24.4 Å². The minimum absolute atomic E-state index is 0.257. The first-order valence-electron chi connectivity index (χ1n) is 7.18. The quantitative estimate of drug-likeness (QED) is 0.826. The number of hydrogen-bond donors (Lipinski definition) is 2. The molecule has 0 saturated heterocycles. The second-order valence-electron chi connectivity index (χ2n) is 5.39. The van der Waals surface area contributed by atoms with E-state index in [1.165, 1.54) is 12.1 Å². The number of amides is 2. The van der Waals surface area contributed by atoms with Gasteiger partial charge >= 0.3 is 0 Å². The Morgan fingerprint density at radius 3 is 2.61 bits per heavy atom. The molecule has 1 aromatic carbocycles. The van der Waals surface area contributed by atoms with Gasteiger partial charge in [-0.15, -0.1) is 0 Å². The van der Waals surface area contributed by atoms with E-state index in [9.17, 15) is 20.1 Å². The lowest BCUT2D eigenvalue weighted by molar-refractivity contribution is -0.123. The predicted octanol–water partition coefficient (Wildman–Crippen LogP) is 1.63. The van der Waals surface area contributed by atoms with Crippen LogP contribution in [0.25, 0.3) is 0 Å². The average molecular weight is 331 g/mol. The normalized spacial score (nSPS) is 15.6. The van der Waals surface area contributed by atoms with Gasteiger partial charge in [0, 0.05) is 17.1 Å². The Labute approximate surface area is 139 Å². The van der Waals surface area contributed by atoms with Crippen molar-refractivity contribution in [3.05, 3.63) is 34.9 Å². The fraction of sp³-hybridized carbons (Fsp3) is 0.375. The Balaban J connectivity index is 2.01. The number of benzene rings is 1. The van der Waals surface area contributed by atoms with Crippen LogP contribution in [0.5, 0.6) is 0 Å². The van der Waals surface area contributed by atoms with Crippen LogP contribution in [0, 0.1) is 34.5 Å². The van der Waals surface area contributed by atoms with Gasteiger partial charge in [-0.25, -0.2) is 0 Å². The van der Waals surface area contributed by atoms with Crippen molar-refractivity contribution < 1.29 is 9.59 Å². The van der Waals surface area contributed by atoms with Gasteiger partial charge in [0.2, 0.25) is 5.91 Å². The van der Waals surface area contributed by atoms with Crippen molar-refractivity contribution in [2.24, 2.45) is 11.8 Å². The molecule has 6 nitrogen and oxygen atoms in total. The summed E-state index contributed by atoms with van der Waals surface area (Å²) in [5.41, 5.74) is 0.257. The number of hydrogen-bond acceptors (Lipinski definition) is 4. The molecule has 1 fully saturated rings.